The third-order valence-electron chi connectivity index (χ3n) is 4.06. The number of carbonyl (C=O) groups is 2. The van der Waals surface area contributed by atoms with Crippen molar-refractivity contribution in [1.29, 1.82) is 0 Å². The monoisotopic (exact) mass is 396 g/mol. The second-order valence-corrected chi connectivity index (χ2v) is 7.28. The van der Waals surface area contributed by atoms with Gasteiger partial charge < -0.3 is 26.0 Å². The fourth-order valence-corrected chi connectivity index (χ4v) is 2.92. The Morgan fingerprint density at radius 1 is 1.37 bits per heavy atom. The zero-order valence-electron chi connectivity index (χ0n) is 15.2. The zero-order chi connectivity index (χ0) is 20.5. The van der Waals surface area contributed by atoms with Gasteiger partial charge in [-0.25, -0.2) is 9.78 Å². The molecule has 11 heteroatoms. The standard InChI is InChI=1S/C16H21ClN6O4/c1-16(2,3)23(15(26)27)6-4-5-22-11(18)9(12(19)25)10(24)8-7-20-14(17)21-13(8)22/h7H,4-6,18H2,1-3H3,(H2,19,25)(H,26,27). The molecule has 0 fully saturated rings. The van der Waals surface area contributed by atoms with Crippen molar-refractivity contribution in [1.82, 2.24) is 19.4 Å². The largest absolute Gasteiger partial charge is 0.465 e. The highest BCUT2D eigenvalue weighted by molar-refractivity contribution is 6.28. The van der Waals surface area contributed by atoms with E-state index in [0.29, 0.717) is 6.42 Å². The van der Waals surface area contributed by atoms with Gasteiger partial charge in [-0.2, -0.15) is 4.98 Å². The zero-order valence-corrected chi connectivity index (χ0v) is 15.9. The molecule has 27 heavy (non-hydrogen) atoms. The molecular weight excluding hydrogens is 376 g/mol. The predicted octanol–water partition coefficient (Wildman–Crippen LogP) is 1.29. The van der Waals surface area contributed by atoms with Gasteiger partial charge in [0.05, 0.1) is 5.39 Å². The molecule has 0 aliphatic rings. The third-order valence-corrected chi connectivity index (χ3v) is 4.25. The maximum Gasteiger partial charge on any atom is 0.407 e. The van der Waals surface area contributed by atoms with Crippen molar-refractivity contribution < 1.29 is 14.7 Å². The Bertz CT molecular complexity index is 966. The molecule has 10 nitrogen and oxygen atoms in total. The first-order chi connectivity index (χ1) is 12.4. The van der Waals surface area contributed by atoms with Gasteiger partial charge in [0.25, 0.3) is 5.91 Å². The minimum Gasteiger partial charge on any atom is -0.465 e. The summed E-state index contributed by atoms with van der Waals surface area (Å²) in [7, 11) is 0. The van der Waals surface area contributed by atoms with Crippen LogP contribution in [0, 0.1) is 0 Å². The first-order valence-corrected chi connectivity index (χ1v) is 8.47. The molecule has 2 aromatic heterocycles. The molecule has 0 unspecified atom stereocenters. The van der Waals surface area contributed by atoms with E-state index in [1.807, 2.05) is 0 Å². The van der Waals surface area contributed by atoms with Crippen LogP contribution < -0.4 is 16.9 Å². The maximum absolute atomic E-state index is 12.5. The third kappa shape index (κ3) is 4.11. The number of anilines is 1. The highest BCUT2D eigenvalue weighted by atomic mass is 35.5. The van der Waals surface area contributed by atoms with Crippen LogP contribution in [-0.4, -0.2) is 48.6 Å². The summed E-state index contributed by atoms with van der Waals surface area (Å²) >= 11 is 5.83. The Kier molecular flexibility index (Phi) is 5.59. The fourth-order valence-electron chi connectivity index (χ4n) is 2.79. The lowest BCUT2D eigenvalue weighted by Gasteiger charge is -2.33. The summed E-state index contributed by atoms with van der Waals surface area (Å²) in [6, 6.07) is 0. The van der Waals surface area contributed by atoms with Crippen LogP contribution in [0.25, 0.3) is 11.0 Å². The fraction of sp³-hybridized carbons (Fsp3) is 0.438. The smallest absolute Gasteiger partial charge is 0.407 e. The number of aryl methyl sites for hydroxylation is 1. The van der Waals surface area contributed by atoms with E-state index < -0.39 is 23.0 Å². The van der Waals surface area contributed by atoms with Crippen molar-refractivity contribution >= 4 is 40.5 Å². The molecule has 2 amide bonds. The van der Waals surface area contributed by atoms with E-state index in [0.717, 1.165) is 0 Å². The van der Waals surface area contributed by atoms with Crippen LogP contribution >= 0.6 is 11.6 Å². The van der Waals surface area contributed by atoms with Crippen molar-refractivity contribution in [3.05, 3.63) is 27.3 Å². The molecule has 0 aliphatic carbocycles. The van der Waals surface area contributed by atoms with E-state index in [1.165, 1.54) is 15.7 Å². The Hall–Kier alpha value is -2.88. The molecular formula is C16H21ClN6O4. The number of hydrogen-bond donors (Lipinski definition) is 3. The number of carboxylic acid groups (broad SMARTS) is 1. The van der Waals surface area contributed by atoms with Crippen molar-refractivity contribution in [2.45, 2.75) is 39.3 Å². The number of fused-ring (bicyclic) bond motifs is 1. The van der Waals surface area contributed by atoms with Crippen LogP contribution in [0.2, 0.25) is 5.28 Å². The summed E-state index contributed by atoms with van der Waals surface area (Å²) in [5.41, 5.74) is 9.81. The number of carbonyl (C=O) groups excluding carboxylic acids is 1. The van der Waals surface area contributed by atoms with Crippen molar-refractivity contribution in [3.8, 4) is 0 Å². The van der Waals surface area contributed by atoms with Crippen LogP contribution in [-0.2, 0) is 6.54 Å². The van der Waals surface area contributed by atoms with Gasteiger partial charge in [-0.1, -0.05) is 0 Å². The molecule has 2 aromatic rings. The number of nitrogens with two attached hydrogens (primary N) is 2. The molecule has 5 N–H and O–H groups in total. The van der Waals surface area contributed by atoms with Crippen molar-refractivity contribution in [2.75, 3.05) is 12.3 Å². The van der Waals surface area contributed by atoms with Gasteiger partial charge in [-0.05, 0) is 38.8 Å². The Morgan fingerprint density at radius 3 is 2.52 bits per heavy atom. The highest BCUT2D eigenvalue weighted by Gasteiger charge is 2.26. The Balaban J connectivity index is 2.48. The second-order valence-electron chi connectivity index (χ2n) is 6.94. The SMILES string of the molecule is CC(C)(C)N(CCCn1c(N)c(C(N)=O)c(=O)c2cnc(Cl)nc21)C(=O)O. The van der Waals surface area contributed by atoms with E-state index in [-0.39, 0.29) is 40.8 Å². The molecule has 2 rings (SSSR count). The Morgan fingerprint density at radius 2 is 2.00 bits per heavy atom. The summed E-state index contributed by atoms with van der Waals surface area (Å²) < 4.78 is 1.42. The summed E-state index contributed by atoms with van der Waals surface area (Å²) in [6.07, 6.45) is 0.503. The molecule has 0 saturated carbocycles. The number of halogens is 1. The van der Waals surface area contributed by atoms with Gasteiger partial charge in [-0.15, -0.1) is 0 Å². The number of hydrogen-bond acceptors (Lipinski definition) is 6. The topological polar surface area (TPSA) is 157 Å². The molecule has 0 aliphatic heterocycles. The molecule has 0 atom stereocenters. The molecule has 0 aromatic carbocycles. The minimum atomic E-state index is -1.05. The molecule has 0 spiro atoms. The number of aromatic nitrogens is 3. The maximum atomic E-state index is 12.5. The van der Waals surface area contributed by atoms with E-state index in [2.05, 4.69) is 9.97 Å². The highest BCUT2D eigenvalue weighted by Crippen LogP contribution is 2.19. The molecule has 146 valence electrons. The van der Waals surface area contributed by atoms with Gasteiger partial charge in [0.15, 0.2) is 0 Å². The van der Waals surface area contributed by atoms with Crippen molar-refractivity contribution in [3.63, 3.8) is 0 Å². The Labute approximate surface area is 159 Å². The van der Waals surface area contributed by atoms with Crippen LogP contribution in [0.1, 0.15) is 37.6 Å². The number of nitrogens with zero attached hydrogens (tertiary/aromatic N) is 4. The van der Waals surface area contributed by atoms with Gasteiger partial charge in [-0.3, -0.25) is 9.59 Å². The van der Waals surface area contributed by atoms with E-state index >= 15 is 0 Å². The van der Waals surface area contributed by atoms with Gasteiger partial charge >= 0.3 is 6.09 Å². The number of primary amides is 1. The van der Waals surface area contributed by atoms with E-state index in [1.54, 1.807) is 20.8 Å². The van der Waals surface area contributed by atoms with Gasteiger partial charge in [0, 0.05) is 24.8 Å². The first-order valence-electron chi connectivity index (χ1n) is 8.10. The van der Waals surface area contributed by atoms with Crippen LogP contribution in [0.3, 0.4) is 0 Å². The average Bonchev–Trinajstić information content (AvgIpc) is 2.51. The summed E-state index contributed by atoms with van der Waals surface area (Å²) in [4.78, 5) is 44.7. The quantitative estimate of drug-likeness (QED) is 0.642. The minimum absolute atomic E-state index is 0.0494. The van der Waals surface area contributed by atoms with E-state index in [9.17, 15) is 19.5 Å². The molecule has 0 saturated heterocycles. The normalized spacial score (nSPS) is 11.6. The summed E-state index contributed by atoms with van der Waals surface area (Å²) in [5, 5.41) is 9.33. The second kappa shape index (κ2) is 7.39. The lowest BCUT2D eigenvalue weighted by molar-refractivity contribution is 0.0985. The van der Waals surface area contributed by atoms with Crippen LogP contribution in [0.15, 0.2) is 11.0 Å². The summed E-state index contributed by atoms with van der Waals surface area (Å²) in [5.74, 6) is -1.11. The first kappa shape index (κ1) is 20.4. The number of pyridine rings is 1. The number of nitrogen functional groups attached to an aromatic ring is 1. The summed E-state index contributed by atoms with van der Waals surface area (Å²) in [6.45, 7) is 5.74. The van der Waals surface area contributed by atoms with E-state index in [4.69, 9.17) is 23.1 Å². The van der Waals surface area contributed by atoms with Gasteiger partial charge in [0.2, 0.25) is 10.7 Å². The predicted molar refractivity (Wildman–Crippen MR) is 101 cm³/mol. The van der Waals surface area contributed by atoms with Gasteiger partial charge in [0.1, 0.15) is 17.0 Å². The lowest BCUT2D eigenvalue weighted by Crippen LogP contribution is -2.45. The number of rotatable bonds is 5. The lowest BCUT2D eigenvalue weighted by atomic mass is 10.1. The van der Waals surface area contributed by atoms with Crippen LogP contribution in [0.5, 0.6) is 0 Å². The van der Waals surface area contributed by atoms with Crippen LogP contribution in [0.4, 0.5) is 10.6 Å². The number of amides is 2. The van der Waals surface area contributed by atoms with Crippen molar-refractivity contribution in [2.24, 2.45) is 5.73 Å². The molecule has 0 bridgehead atoms. The molecule has 2 heterocycles. The molecule has 0 radical (unpaired) electrons. The average molecular weight is 397 g/mol.